The number of rotatable bonds is 3. The lowest BCUT2D eigenvalue weighted by atomic mass is 10.2. The molecule has 0 saturated carbocycles. The predicted octanol–water partition coefficient (Wildman–Crippen LogP) is 3.64. The Morgan fingerprint density at radius 3 is 3.05 bits per heavy atom. The van der Waals surface area contributed by atoms with Crippen LogP contribution in [-0.4, -0.2) is 15.3 Å². The third kappa shape index (κ3) is 2.42. The number of nitrogens with zero attached hydrogens (tertiary/aromatic N) is 1. The molecule has 0 unspecified atom stereocenters. The molecule has 2 aromatic carbocycles. The summed E-state index contributed by atoms with van der Waals surface area (Å²) in [4.78, 5) is 0. The van der Waals surface area contributed by atoms with Gasteiger partial charge in [0.05, 0.1) is 16.2 Å². The maximum absolute atomic E-state index is 9.91. The fraction of sp³-hybridized carbons (Fsp3) is 0.0714. The van der Waals surface area contributed by atoms with Crippen molar-refractivity contribution < 1.29 is 5.11 Å². The van der Waals surface area contributed by atoms with Gasteiger partial charge in [0.25, 0.3) is 0 Å². The molecule has 3 aromatic rings. The first-order valence-corrected chi connectivity index (χ1v) is 6.67. The Labute approximate surface area is 118 Å². The van der Waals surface area contributed by atoms with Crippen molar-refractivity contribution in [3.05, 3.63) is 52.6 Å². The van der Waals surface area contributed by atoms with Gasteiger partial charge in [0, 0.05) is 23.2 Å². The molecule has 0 amide bonds. The van der Waals surface area contributed by atoms with E-state index in [1.165, 1.54) is 0 Å². The molecule has 0 fully saturated rings. The number of phenols is 1. The number of nitrogens with one attached hydrogen (secondary N) is 2. The van der Waals surface area contributed by atoms with E-state index in [0.29, 0.717) is 11.0 Å². The summed E-state index contributed by atoms with van der Waals surface area (Å²) in [7, 11) is 0. The summed E-state index contributed by atoms with van der Waals surface area (Å²) in [6, 6.07) is 11.6. The Kier molecular flexibility index (Phi) is 3.13. The van der Waals surface area contributed by atoms with E-state index in [4.69, 9.17) is 0 Å². The standard InChI is InChI=1S/C14H12BrN3O/c15-12-3-1-2-10(14(12)19)7-16-11-5-4-9-8-17-18-13(9)6-11/h1-6,8,16,19H,7H2,(H,17,18). The number of hydrogen-bond acceptors (Lipinski definition) is 3. The van der Waals surface area contributed by atoms with Crippen molar-refractivity contribution in [2.24, 2.45) is 0 Å². The van der Waals surface area contributed by atoms with Gasteiger partial charge in [0.1, 0.15) is 5.75 Å². The van der Waals surface area contributed by atoms with Crippen molar-refractivity contribution >= 4 is 32.5 Å². The Balaban J connectivity index is 1.80. The highest BCUT2D eigenvalue weighted by Gasteiger charge is 2.04. The molecule has 5 heteroatoms. The van der Waals surface area contributed by atoms with Crippen molar-refractivity contribution in [1.29, 1.82) is 0 Å². The van der Waals surface area contributed by atoms with E-state index < -0.39 is 0 Å². The van der Waals surface area contributed by atoms with E-state index in [9.17, 15) is 5.11 Å². The number of para-hydroxylation sites is 1. The van der Waals surface area contributed by atoms with E-state index in [-0.39, 0.29) is 5.75 Å². The maximum Gasteiger partial charge on any atom is 0.134 e. The van der Waals surface area contributed by atoms with Gasteiger partial charge in [-0.25, -0.2) is 0 Å². The summed E-state index contributed by atoms with van der Waals surface area (Å²) in [6.45, 7) is 0.560. The molecule has 0 atom stereocenters. The van der Waals surface area contributed by atoms with Crippen LogP contribution in [0.2, 0.25) is 0 Å². The predicted molar refractivity (Wildman–Crippen MR) is 79.2 cm³/mol. The van der Waals surface area contributed by atoms with Gasteiger partial charge in [-0.2, -0.15) is 5.10 Å². The van der Waals surface area contributed by atoms with Gasteiger partial charge in [0.15, 0.2) is 0 Å². The average molecular weight is 318 g/mol. The molecule has 3 rings (SSSR count). The fourth-order valence-corrected chi connectivity index (χ4v) is 2.35. The molecule has 0 bridgehead atoms. The third-order valence-corrected chi connectivity index (χ3v) is 3.64. The van der Waals surface area contributed by atoms with E-state index >= 15 is 0 Å². The smallest absolute Gasteiger partial charge is 0.134 e. The highest BCUT2D eigenvalue weighted by molar-refractivity contribution is 9.10. The van der Waals surface area contributed by atoms with Gasteiger partial charge in [-0.05, 0) is 40.2 Å². The Hall–Kier alpha value is -2.01. The number of aromatic amines is 1. The molecular formula is C14H12BrN3O. The minimum atomic E-state index is 0.276. The van der Waals surface area contributed by atoms with Crippen LogP contribution in [0.1, 0.15) is 5.56 Å². The zero-order valence-corrected chi connectivity index (χ0v) is 11.6. The van der Waals surface area contributed by atoms with Gasteiger partial charge in [-0.1, -0.05) is 12.1 Å². The zero-order chi connectivity index (χ0) is 13.2. The van der Waals surface area contributed by atoms with Gasteiger partial charge in [0.2, 0.25) is 0 Å². The molecule has 0 saturated heterocycles. The lowest BCUT2D eigenvalue weighted by molar-refractivity contribution is 0.465. The van der Waals surface area contributed by atoms with E-state index in [2.05, 4.69) is 31.4 Å². The first kappa shape index (κ1) is 12.0. The molecule has 19 heavy (non-hydrogen) atoms. The lowest BCUT2D eigenvalue weighted by Crippen LogP contribution is -1.99. The molecule has 0 radical (unpaired) electrons. The van der Waals surface area contributed by atoms with Gasteiger partial charge < -0.3 is 10.4 Å². The van der Waals surface area contributed by atoms with Crippen LogP contribution in [0.3, 0.4) is 0 Å². The number of halogens is 1. The fourth-order valence-electron chi connectivity index (χ4n) is 1.95. The topological polar surface area (TPSA) is 60.9 Å². The average Bonchev–Trinajstić information content (AvgIpc) is 2.88. The SMILES string of the molecule is Oc1c(Br)cccc1CNc1ccc2cn[nH]c2c1. The van der Waals surface area contributed by atoms with Crippen molar-refractivity contribution in [1.82, 2.24) is 10.2 Å². The quantitative estimate of drug-likeness (QED) is 0.691. The number of aromatic hydroxyl groups is 1. The summed E-state index contributed by atoms with van der Waals surface area (Å²) in [5.41, 5.74) is 2.82. The molecule has 0 aliphatic heterocycles. The molecule has 96 valence electrons. The van der Waals surface area contributed by atoms with E-state index in [1.54, 1.807) is 6.20 Å². The van der Waals surface area contributed by atoms with Crippen LogP contribution in [0.25, 0.3) is 10.9 Å². The molecule has 1 heterocycles. The van der Waals surface area contributed by atoms with Crippen LogP contribution in [0.15, 0.2) is 47.1 Å². The van der Waals surface area contributed by atoms with Crippen LogP contribution in [0, 0.1) is 0 Å². The van der Waals surface area contributed by atoms with Crippen molar-refractivity contribution in [2.45, 2.75) is 6.54 Å². The number of anilines is 1. The summed E-state index contributed by atoms with van der Waals surface area (Å²) in [6.07, 6.45) is 1.79. The van der Waals surface area contributed by atoms with Crippen molar-refractivity contribution in [3.8, 4) is 5.75 Å². The second-order valence-corrected chi connectivity index (χ2v) is 5.13. The highest BCUT2D eigenvalue weighted by Crippen LogP contribution is 2.28. The summed E-state index contributed by atoms with van der Waals surface area (Å²) >= 11 is 3.31. The van der Waals surface area contributed by atoms with E-state index in [1.807, 2.05) is 36.4 Å². The number of hydrogen-bond donors (Lipinski definition) is 3. The molecule has 0 aliphatic rings. The van der Waals surface area contributed by atoms with Crippen molar-refractivity contribution in [3.63, 3.8) is 0 Å². The minimum Gasteiger partial charge on any atom is -0.506 e. The van der Waals surface area contributed by atoms with Gasteiger partial charge in [-0.15, -0.1) is 0 Å². The second kappa shape index (κ2) is 4.93. The monoisotopic (exact) mass is 317 g/mol. The van der Waals surface area contributed by atoms with Gasteiger partial charge >= 0.3 is 0 Å². The van der Waals surface area contributed by atoms with Crippen LogP contribution in [0.5, 0.6) is 5.75 Å². The molecule has 3 N–H and O–H groups in total. The normalized spacial score (nSPS) is 10.8. The molecule has 0 spiro atoms. The lowest BCUT2D eigenvalue weighted by Gasteiger charge is -2.09. The van der Waals surface area contributed by atoms with Crippen LogP contribution < -0.4 is 5.32 Å². The van der Waals surface area contributed by atoms with Crippen LogP contribution in [-0.2, 0) is 6.54 Å². The van der Waals surface area contributed by atoms with Gasteiger partial charge in [-0.3, -0.25) is 5.10 Å². The Bertz CT molecular complexity index is 724. The Morgan fingerprint density at radius 1 is 1.26 bits per heavy atom. The van der Waals surface area contributed by atoms with Crippen LogP contribution >= 0.6 is 15.9 Å². The maximum atomic E-state index is 9.91. The summed E-state index contributed by atoms with van der Waals surface area (Å²) < 4.78 is 0.704. The number of benzene rings is 2. The second-order valence-electron chi connectivity index (χ2n) is 4.27. The number of fused-ring (bicyclic) bond motifs is 1. The Morgan fingerprint density at radius 2 is 2.16 bits per heavy atom. The highest BCUT2D eigenvalue weighted by atomic mass is 79.9. The van der Waals surface area contributed by atoms with Crippen molar-refractivity contribution in [2.75, 3.05) is 5.32 Å². The largest absolute Gasteiger partial charge is 0.506 e. The molecule has 1 aromatic heterocycles. The van der Waals surface area contributed by atoms with E-state index in [0.717, 1.165) is 22.2 Å². The summed E-state index contributed by atoms with van der Waals surface area (Å²) in [5, 5.41) is 21.2. The molecule has 4 nitrogen and oxygen atoms in total. The molecular weight excluding hydrogens is 306 g/mol. The number of H-pyrrole nitrogens is 1. The first-order valence-electron chi connectivity index (χ1n) is 5.87. The third-order valence-electron chi connectivity index (χ3n) is 3.00. The first-order chi connectivity index (χ1) is 9.24. The molecule has 0 aliphatic carbocycles. The number of phenolic OH excluding ortho intramolecular Hbond substituents is 1. The summed E-state index contributed by atoms with van der Waals surface area (Å²) in [5.74, 6) is 0.276. The van der Waals surface area contributed by atoms with Crippen LogP contribution in [0.4, 0.5) is 5.69 Å². The zero-order valence-electron chi connectivity index (χ0n) is 10.0. The minimum absolute atomic E-state index is 0.276. The number of aromatic nitrogens is 2.